The molecular formula is C22H35N5O4S. The quantitative estimate of drug-likeness (QED) is 0.419. The van der Waals surface area contributed by atoms with Crippen molar-refractivity contribution >= 4 is 21.8 Å². The van der Waals surface area contributed by atoms with E-state index in [9.17, 15) is 18.0 Å². The van der Waals surface area contributed by atoms with E-state index in [0.717, 1.165) is 44.3 Å². The second-order valence-electron chi connectivity index (χ2n) is 8.64. The van der Waals surface area contributed by atoms with Gasteiger partial charge in [0, 0.05) is 39.0 Å². The summed E-state index contributed by atoms with van der Waals surface area (Å²) in [5, 5.41) is 5.87. The summed E-state index contributed by atoms with van der Waals surface area (Å²) in [4.78, 5) is 30.7. The summed E-state index contributed by atoms with van der Waals surface area (Å²) in [6, 6.07) is 3.42. The zero-order valence-corrected chi connectivity index (χ0v) is 19.6. The molecule has 2 aliphatic heterocycles. The van der Waals surface area contributed by atoms with E-state index in [-0.39, 0.29) is 29.5 Å². The Labute approximate surface area is 190 Å². The Morgan fingerprint density at radius 2 is 1.91 bits per heavy atom. The lowest BCUT2D eigenvalue weighted by Gasteiger charge is -2.24. The maximum atomic E-state index is 12.7. The van der Waals surface area contributed by atoms with Crippen LogP contribution in [0.1, 0.15) is 56.6 Å². The maximum Gasteiger partial charge on any atom is 0.226 e. The van der Waals surface area contributed by atoms with Crippen molar-refractivity contribution in [3.05, 3.63) is 30.1 Å². The lowest BCUT2D eigenvalue weighted by Crippen LogP contribution is -2.41. The van der Waals surface area contributed by atoms with Crippen LogP contribution < -0.4 is 15.4 Å². The topological polar surface area (TPSA) is 121 Å². The fraction of sp³-hybridized carbons (Fsp3) is 0.682. The van der Waals surface area contributed by atoms with E-state index in [0.29, 0.717) is 25.9 Å². The molecule has 0 aliphatic carbocycles. The van der Waals surface area contributed by atoms with Crippen LogP contribution in [0.3, 0.4) is 0 Å². The predicted octanol–water partition coefficient (Wildman–Crippen LogP) is 0.949. The van der Waals surface area contributed by atoms with Crippen molar-refractivity contribution in [2.75, 3.05) is 33.2 Å². The number of hydrogen-bond acceptors (Lipinski definition) is 6. The molecule has 2 amide bonds. The predicted molar refractivity (Wildman–Crippen MR) is 122 cm³/mol. The van der Waals surface area contributed by atoms with Crippen molar-refractivity contribution in [1.29, 1.82) is 0 Å². The first-order valence-electron chi connectivity index (χ1n) is 11.5. The Morgan fingerprint density at radius 1 is 1.19 bits per heavy atom. The molecule has 0 radical (unpaired) electrons. The number of sulfonamides is 1. The van der Waals surface area contributed by atoms with Gasteiger partial charge in [0.05, 0.1) is 17.2 Å². The Hall–Kier alpha value is -2.04. The van der Waals surface area contributed by atoms with Crippen molar-refractivity contribution < 1.29 is 18.0 Å². The van der Waals surface area contributed by atoms with Crippen LogP contribution in [0.25, 0.3) is 0 Å². The Kier molecular flexibility index (Phi) is 9.01. The van der Waals surface area contributed by atoms with E-state index in [1.807, 2.05) is 12.1 Å². The first kappa shape index (κ1) is 24.6. The van der Waals surface area contributed by atoms with Crippen LogP contribution in [0.15, 0.2) is 24.5 Å². The summed E-state index contributed by atoms with van der Waals surface area (Å²) in [7, 11) is -1.49. The van der Waals surface area contributed by atoms with E-state index in [4.69, 9.17) is 0 Å². The van der Waals surface area contributed by atoms with Crippen molar-refractivity contribution in [3.8, 4) is 0 Å². The molecule has 3 N–H and O–H groups in total. The number of aromatic nitrogens is 1. The van der Waals surface area contributed by atoms with Gasteiger partial charge in [-0.15, -0.1) is 0 Å². The lowest BCUT2D eigenvalue weighted by atomic mass is 9.94. The third-order valence-corrected chi connectivity index (χ3v) is 8.34. The number of pyridine rings is 1. The van der Waals surface area contributed by atoms with Crippen molar-refractivity contribution in [3.63, 3.8) is 0 Å². The molecule has 178 valence electrons. The minimum Gasteiger partial charge on any atom is -0.356 e. The molecule has 10 heteroatoms. The molecule has 0 saturated carbocycles. The fourth-order valence-electron chi connectivity index (χ4n) is 4.50. The highest BCUT2D eigenvalue weighted by Crippen LogP contribution is 2.36. The van der Waals surface area contributed by atoms with Gasteiger partial charge in [0.1, 0.15) is 0 Å². The number of nitrogens with zero attached hydrogens (tertiary/aromatic N) is 2. The number of hydrogen-bond donors (Lipinski definition) is 3. The average Bonchev–Trinajstić information content (AvgIpc) is 3.11. The highest BCUT2D eigenvalue weighted by molar-refractivity contribution is 7.90. The zero-order valence-electron chi connectivity index (χ0n) is 18.8. The summed E-state index contributed by atoms with van der Waals surface area (Å²) < 4.78 is 27.3. The van der Waals surface area contributed by atoms with E-state index in [2.05, 4.69) is 20.3 Å². The van der Waals surface area contributed by atoms with E-state index in [1.54, 1.807) is 24.3 Å². The molecule has 32 heavy (non-hydrogen) atoms. The lowest BCUT2D eigenvalue weighted by molar-refractivity contribution is -0.128. The molecule has 9 nitrogen and oxygen atoms in total. The SMILES string of the molecule is CN1C(=O)CC(C(=O)NCCCCCCNS(=O)(=O)C2CCNCC2)C1c1cccnc1. The van der Waals surface area contributed by atoms with Crippen molar-refractivity contribution in [2.24, 2.45) is 5.92 Å². The van der Waals surface area contributed by atoms with E-state index < -0.39 is 15.9 Å². The van der Waals surface area contributed by atoms with Gasteiger partial charge < -0.3 is 15.5 Å². The number of piperidine rings is 1. The first-order chi connectivity index (χ1) is 15.4. The smallest absolute Gasteiger partial charge is 0.226 e. The number of unbranched alkanes of at least 4 members (excludes halogenated alkanes) is 3. The molecule has 3 rings (SSSR count). The molecule has 2 aliphatic rings. The second kappa shape index (κ2) is 11.7. The van der Waals surface area contributed by atoms with Gasteiger partial charge in [0.25, 0.3) is 0 Å². The summed E-state index contributed by atoms with van der Waals surface area (Å²) in [6.07, 6.45) is 8.33. The van der Waals surface area contributed by atoms with Crippen LogP contribution in [0.4, 0.5) is 0 Å². The molecule has 3 heterocycles. The summed E-state index contributed by atoms with van der Waals surface area (Å²) in [5.41, 5.74) is 0.868. The summed E-state index contributed by atoms with van der Waals surface area (Å²) in [5.74, 6) is -0.557. The van der Waals surface area contributed by atoms with Crippen LogP contribution in [0, 0.1) is 5.92 Å². The average molecular weight is 466 g/mol. The van der Waals surface area contributed by atoms with Gasteiger partial charge in [-0.2, -0.15) is 0 Å². The maximum absolute atomic E-state index is 12.7. The third-order valence-electron chi connectivity index (χ3n) is 6.38. The number of carbonyl (C=O) groups excluding carboxylic acids is 2. The van der Waals surface area contributed by atoms with Gasteiger partial charge in [0.2, 0.25) is 21.8 Å². The standard InChI is InChI=1S/C22H35N5O4S/c1-27-20(28)15-19(21(27)17-7-6-10-24-16-17)22(29)25-11-4-2-3-5-12-26-32(30,31)18-8-13-23-14-9-18/h6-7,10,16,18-19,21,23,26H,2-5,8-9,11-15H2,1H3,(H,25,29). The Morgan fingerprint density at radius 3 is 2.59 bits per heavy atom. The number of nitrogens with one attached hydrogen (secondary N) is 3. The number of amides is 2. The van der Waals surface area contributed by atoms with Crippen LogP contribution in [0.2, 0.25) is 0 Å². The molecule has 2 saturated heterocycles. The van der Waals surface area contributed by atoms with Crippen LogP contribution in [-0.4, -0.2) is 68.6 Å². The Bertz CT molecular complexity index is 858. The molecule has 2 fully saturated rings. The van der Waals surface area contributed by atoms with Gasteiger partial charge in [-0.05, 0) is 50.4 Å². The van der Waals surface area contributed by atoms with Gasteiger partial charge in [-0.25, -0.2) is 13.1 Å². The highest BCUT2D eigenvalue weighted by Gasteiger charge is 2.42. The molecule has 1 aromatic heterocycles. The molecule has 2 atom stereocenters. The van der Waals surface area contributed by atoms with E-state index >= 15 is 0 Å². The normalized spacial score (nSPS) is 22.3. The number of likely N-dealkylation sites (tertiary alicyclic amines) is 1. The number of rotatable bonds is 11. The molecular weight excluding hydrogens is 430 g/mol. The minimum absolute atomic E-state index is 0.0362. The van der Waals surface area contributed by atoms with Gasteiger partial charge in [-0.1, -0.05) is 18.9 Å². The van der Waals surface area contributed by atoms with E-state index in [1.165, 1.54) is 0 Å². The van der Waals surface area contributed by atoms with Gasteiger partial charge in [0.15, 0.2) is 0 Å². The Balaban J connectivity index is 1.32. The molecule has 0 bridgehead atoms. The first-order valence-corrected chi connectivity index (χ1v) is 13.1. The van der Waals surface area contributed by atoms with Crippen LogP contribution in [0.5, 0.6) is 0 Å². The van der Waals surface area contributed by atoms with Gasteiger partial charge in [-0.3, -0.25) is 14.6 Å². The fourth-order valence-corrected chi connectivity index (χ4v) is 6.02. The highest BCUT2D eigenvalue weighted by atomic mass is 32.2. The minimum atomic E-state index is -3.22. The molecule has 1 aromatic rings. The zero-order chi connectivity index (χ0) is 23.0. The van der Waals surface area contributed by atoms with Gasteiger partial charge >= 0.3 is 0 Å². The van der Waals surface area contributed by atoms with Crippen molar-refractivity contribution in [1.82, 2.24) is 25.2 Å². The third kappa shape index (κ3) is 6.49. The molecule has 2 unspecified atom stereocenters. The molecule has 0 aromatic carbocycles. The summed E-state index contributed by atoms with van der Waals surface area (Å²) >= 11 is 0. The summed E-state index contributed by atoms with van der Waals surface area (Å²) in [6.45, 7) is 2.52. The molecule has 0 spiro atoms. The second-order valence-corrected chi connectivity index (χ2v) is 10.7. The van der Waals surface area contributed by atoms with Crippen molar-refractivity contribution in [2.45, 2.75) is 56.2 Å². The monoisotopic (exact) mass is 465 g/mol. The number of carbonyl (C=O) groups is 2. The largest absolute Gasteiger partial charge is 0.356 e. The van der Waals surface area contributed by atoms with Crippen LogP contribution >= 0.6 is 0 Å². The van der Waals surface area contributed by atoms with Crippen LogP contribution in [-0.2, 0) is 19.6 Å².